The first-order valence-electron chi connectivity index (χ1n) is 7.47. The van der Waals surface area contributed by atoms with Crippen molar-refractivity contribution in [2.24, 2.45) is 0 Å². The van der Waals surface area contributed by atoms with Crippen molar-refractivity contribution in [3.8, 4) is 5.82 Å². The zero-order chi connectivity index (χ0) is 18.0. The highest BCUT2D eigenvalue weighted by molar-refractivity contribution is 5.64. The van der Waals surface area contributed by atoms with Gasteiger partial charge in [-0.1, -0.05) is 12.1 Å². The Morgan fingerprint density at radius 3 is 2.56 bits per heavy atom. The van der Waals surface area contributed by atoms with Crippen LogP contribution in [-0.4, -0.2) is 24.7 Å². The van der Waals surface area contributed by atoms with Gasteiger partial charge in [0.05, 0.1) is 10.6 Å². The number of hydrogen-bond donors (Lipinski definition) is 1. The van der Waals surface area contributed by atoms with Gasteiger partial charge in [-0.15, -0.1) is 0 Å². The average molecular weight is 342 g/mol. The Labute approximate surface area is 142 Å². The molecule has 0 bridgehead atoms. The van der Waals surface area contributed by atoms with Gasteiger partial charge in [-0.05, 0) is 37.6 Å². The Hall–Kier alpha value is -3.36. The molecular formula is C16H15FN6O2. The molecule has 0 spiro atoms. The third-order valence-corrected chi connectivity index (χ3v) is 3.57. The van der Waals surface area contributed by atoms with Crippen LogP contribution in [0.3, 0.4) is 0 Å². The molecule has 2 aromatic heterocycles. The number of hydrogen-bond acceptors (Lipinski definition) is 6. The number of anilines is 1. The number of nitro groups is 1. The Morgan fingerprint density at radius 1 is 1.24 bits per heavy atom. The third kappa shape index (κ3) is 3.44. The van der Waals surface area contributed by atoms with Gasteiger partial charge in [0.25, 0.3) is 0 Å². The van der Waals surface area contributed by atoms with Crippen molar-refractivity contribution in [2.45, 2.75) is 20.4 Å². The summed E-state index contributed by atoms with van der Waals surface area (Å²) in [6, 6.07) is 7.64. The molecule has 9 heteroatoms. The van der Waals surface area contributed by atoms with E-state index in [1.807, 2.05) is 0 Å². The minimum atomic E-state index is -0.543. The fourth-order valence-electron chi connectivity index (χ4n) is 2.45. The molecule has 128 valence electrons. The molecule has 1 N–H and O–H groups in total. The van der Waals surface area contributed by atoms with Gasteiger partial charge < -0.3 is 5.32 Å². The maximum absolute atomic E-state index is 13.0. The van der Waals surface area contributed by atoms with Crippen molar-refractivity contribution in [3.63, 3.8) is 0 Å². The second-order valence-corrected chi connectivity index (χ2v) is 5.47. The molecular weight excluding hydrogens is 327 g/mol. The van der Waals surface area contributed by atoms with Crippen molar-refractivity contribution in [2.75, 3.05) is 5.32 Å². The van der Waals surface area contributed by atoms with Crippen LogP contribution >= 0.6 is 0 Å². The van der Waals surface area contributed by atoms with Crippen molar-refractivity contribution >= 4 is 11.5 Å². The predicted molar refractivity (Wildman–Crippen MR) is 89.0 cm³/mol. The highest BCUT2D eigenvalue weighted by atomic mass is 19.1. The van der Waals surface area contributed by atoms with Gasteiger partial charge in [0.1, 0.15) is 12.1 Å². The minimum absolute atomic E-state index is 0.0758. The zero-order valence-electron chi connectivity index (χ0n) is 13.6. The molecule has 0 saturated carbocycles. The highest BCUT2D eigenvalue weighted by Crippen LogP contribution is 2.28. The van der Waals surface area contributed by atoms with Crippen LogP contribution < -0.4 is 5.32 Å². The van der Waals surface area contributed by atoms with Crippen LogP contribution in [0.1, 0.15) is 17.0 Å². The first kappa shape index (κ1) is 16.5. The third-order valence-electron chi connectivity index (χ3n) is 3.57. The van der Waals surface area contributed by atoms with Crippen LogP contribution in [0, 0.1) is 29.8 Å². The molecule has 1 aromatic carbocycles. The fourth-order valence-corrected chi connectivity index (χ4v) is 2.45. The number of nitrogens with zero attached hydrogens (tertiary/aromatic N) is 5. The summed E-state index contributed by atoms with van der Waals surface area (Å²) in [4.78, 5) is 19.0. The average Bonchev–Trinajstić information content (AvgIpc) is 2.92. The predicted octanol–water partition coefficient (Wildman–Crippen LogP) is 2.94. The molecule has 0 amide bonds. The fraction of sp³-hybridized carbons (Fsp3) is 0.188. The van der Waals surface area contributed by atoms with E-state index in [2.05, 4.69) is 20.4 Å². The van der Waals surface area contributed by atoms with E-state index in [9.17, 15) is 14.5 Å². The first-order valence-corrected chi connectivity index (χ1v) is 7.47. The van der Waals surface area contributed by atoms with Gasteiger partial charge in [0.15, 0.2) is 0 Å². The Morgan fingerprint density at radius 2 is 1.96 bits per heavy atom. The SMILES string of the molecule is Cc1cc(C)n(-c2ncnc(NCc3ccc(F)cc3)c2[N+](=O)[O-])n1. The van der Waals surface area contributed by atoms with Gasteiger partial charge >= 0.3 is 5.69 Å². The smallest absolute Gasteiger partial charge is 0.355 e. The number of halogens is 1. The van der Waals surface area contributed by atoms with Crippen LogP contribution in [0.5, 0.6) is 0 Å². The van der Waals surface area contributed by atoms with Gasteiger partial charge in [-0.2, -0.15) is 5.10 Å². The van der Waals surface area contributed by atoms with E-state index in [1.54, 1.807) is 32.0 Å². The van der Waals surface area contributed by atoms with Crippen LogP contribution in [-0.2, 0) is 6.54 Å². The molecule has 0 saturated heterocycles. The molecule has 3 rings (SSSR count). The van der Waals surface area contributed by atoms with E-state index in [-0.39, 0.29) is 29.7 Å². The Bertz CT molecular complexity index is 923. The van der Waals surface area contributed by atoms with E-state index in [4.69, 9.17) is 0 Å². The first-order chi connectivity index (χ1) is 12.0. The highest BCUT2D eigenvalue weighted by Gasteiger charge is 2.25. The zero-order valence-corrected chi connectivity index (χ0v) is 13.6. The molecule has 0 aliphatic carbocycles. The summed E-state index contributed by atoms with van der Waals surface area (Å²) in [5.74, 6) is -0.178. The van der Waals surface area contributed by atoms with E-state index < -0.39 is 4.92 Å². The summed E-state index contributed by atoms with van der Waals surface area (Å²) in [5.41, 5.74) is 1.95. The number of aromatic nitrogens is 4. The number of benzene rings is 1. The molecule has 0 aliphatic heterocycles. The molecule has 25 heavy (non-hydrogen) atoms. The summed E-state index contributed by atoms with van der Waals surface area (Å²) in [6.07, 6.45) is 1.24. The maximum atomic E-state index is 13.0. The molecule has 0 atom stereocenters. The largest absolute Gasteiger partial charge is 0.360 e. The lowest BCUT2D eigenvalue weighted by molar-refractivity contribution is -0.384. The standard InChI is InChI=1S/C16H15FN6O2/c1-10-7-11(2)22(21-10)16-14(23(24)25)15(19-9-20-16)18-8-12-3-5-13(17)6-4-12/h3-7,9H,8H2,1-2H3,(H,18,19,20). The van der Waals surface area contributed by atoms with Gasteiger partial charge in [-0.25, -0.2) is 19.0 Å². The molecule has 0 radical (unpaired) electrons. The second-order valence-electron chi connectivity index (χ2n) is 5.47. The van der Waals surface area contributed by atoms with E-state index >= 15 is 0 Å². The van der Waals surface area contributed by atoms with E-state index in [1.165, 1.54) is 23.1 Å². The normalized spacial score (nSPS) is 10.7. The quantitative estimate of drug-likeness (QED) is 0.565. The monoisotopic (exact) mass is 342 g/mol. The Balaban J connectivity index is 1.97. The lowest BCUT2D eigenvalue weighted by Crippen LogP contribution is -2.11. The molecule has 0 aliphatic rings. The molecule has 3 aromatic rings. The lowest BCUT2D eigenvalue weighted by atomic mass is 10.2. The molecule has 8 nitrogen and oxygen atoms in total. The summed E-state index contributed by atoms with van der Waals surface area (Å²) < 4.78 is 14.4. The second kappa shape index (κ2) is 6.63. The van der Waals surface area contributed by atoms with Crippen LogP contribution in [0.4, 0.5) is 15.9 Å². The molecule has 2 heterocycles. The van der Waals surface area contributed by atoms with Crippen LogP contribution in [0.15, 0.2) is 36.7 Å². The Kier molecular flexibility index (Phi) is 4.38. The summed E-state index contributed by atoms with van der Waals surface area (Å²) in [7, 11) is 0. The van der Waals surface area contributed by atoms with Gasteiger partial charge in [0, 0.05) is 12.2 Å². The van der Waals surface area contributed by atoms with E-state index in [0.717, 1.165) is 17.0 Å². The minimum Gasteiger partial charge on any atom is -0.360 e. The van der Waals surface area contributed by atoms with Crippen LogP contribution in [0.2, 0.25) is 0 Å². The van der Waals surface area contributed by atoms with Crippen molar-refractivity contribution in [1.82, 2.24) is 19.7 Å². The summed E-state index contributed by atoms with van der Waals surface area (Å²) in [5, 5.41) is 18.7. The molecule has 0 unspecified atom stereocenters. The number of aryl methyl sites for hydroxylation is 2. The number of nitrogens with one attached hydrogen (secondary N) is 1. The van der Waals surface area contributed by atoms with Gasteiger partial charge in [0.2, 0.25) is 11.6 Å². The lowest BCUT2D eigenvalue weighted by Gasteiger charge is -2.09. The number of rotatable bonds is 5. The topological polar surface area (TPSA) is 98.8 Å². The summed E-state index contributed by atoms with van der Waals surface area (Å²) in [6.45, 7) is 3.84. The maximum Gasteiger partial charge on any atom is 0.355 e. The summed E-state index contributed by atoms with van der Waals surface area (Å²) >= 11 is 0. The van der Waals surface area contributed by atoms with E-state index in [0.29, 0.717) is 0 Å². The van der Waals surface area contributed by atoms with Crippen LogP contribution in [0.25, 0.3) is 5.82 Å². The van der Waals surface area contributed by atoms with Crippen molar-refractivity contribution in [1.29, 1.82) is 0 Å². The molecule has 0 fully saturated rings. The van der Waals surface area contributed by atoms with Gasteiger partial charge in [-0.3, -0.25) is 10.1 Å². The van der Waals surface area contributed by atoms with Crippen molar-refractivity contribution < 1.29 is 9.31 Å². The van der Waals surface area contributed by atoms with Crippen molar-refractivity contribution in [3.05, 3.63) is 69.5 Å².